The molecule has 1 rings (SSSR count). The van der Waals surface area contributed by atoms with Gasteiger partial charge in [0.2, 0.25) is 0 Å². The Morgan fingerprint density at radius 3 is 1.38 bits per heavy atom. The Balaban J connectivity index is 2.39. The predicted molar refractivity (Wildman–Crippen MR) is 75.2 cm³/mol. The van der Waals surface area contributed by atoms with Gasteiger partial charge in [0.15, 0.2) is 0 Å². The maximum absolute atomic E-state index is 2.31. The van der Waals surface area contributed by atoms with Gasteiger partial charge < -0.3 is 0 Å². The summed E-state index contributed by atoms with van der Waals surface area (Å²) in [5.41, 5.74) is 0. The van der Waals surface area contributed by atoms with E-state index in [1.165, 1.54) is 0 Å². The highest BCUT2D eigenvalue weighted by Crippen LogP contribution is 2.58. The summed E-state index contributed by atoms with van der Waals surface area (Å²) in [5.74, 6) is 1.56. The van der Waals surface area contributed by atoms with Crippen LogP contribution in [-0.4, -0.2) is 9.16 Å². The summed E-state index contributed by atoms with van der Waals surface area (Å²) in [7, 11) is 10.2. The van der Waals surface area contributed by atoms with Crippen LogP contribution in [0, 0.1) is 11.8 Å². The van der Waals surface area contributed by atoms with E-state index in [0.29, 0.717) is 0 Å². The molecule has 1 fully saturated rings. The third kappa shape index (κ3) is 4.41. The maximum Gasteiger partial charge on any atom is 0.0740 e. The third-order valence-electron chi connectivity index (χ3n) is 1.60. The van der Waals surface area contributed by atoms with Crippen LogP contribution in [-0.2, 0) is 0 Å². The summed E-state index contributed by atoms with van der Waals surface area (Å²) in [6.45, 7) is 9.25. The smallest absolute Gasteiger partial charge is 0.0740 e. The van der Waals surface area contributed by atoms with E-state index in [2.05, 4.69) is 49.3 Å². The monoisotopic (exact) mass is 272 g/mol. The highest BCUT2D eigenvalue weighted by atomic mass is 33.5. The van der Waals surface area contributed by atoms with Crippen molar-refractivity contribution in [1.29, 1.82) is 0 Å². The largest absolute Gasteiger partial charge is 0.0773 e. The SMILES string of the molecule is CC(C)C1SSSC(C(C)C)SS1. The van der Waals surface area contributed by atoms with Crippen molar-refractivity contribution in [2.24, 2.45) is 11.8 Å². The van der Waals surface area contributed by atoms with Crippen molar-refractivity contribution < 1.29 is 0 Å². The fourth-order valence-electron chi connectivity index (χ4n) is 0.686. The van der Waals surface area contributed by atoms with Gasteiger partial charge in [0.1, 0.15) is 0 Å². The van der Waals surface area contributed by atoms with Crippen LogP contribution in [0.15, 0.2) is 0 Å². The van der Waals surface area contributed by atoms with Crippen LogP contribution < -0.4 is 0 Å². The lowest BCUT2D eigenvalue weighted by Gasteiger charge is -2.16. The zero-order valence-electron chi connectivity index (χ0n) is 8.35. The van der Waals surface area contributed by atoms with Crippen LogP contribution in [0.1, 0.15) is 27.7 Å². The molecular formula is C8H16S5. The lowest BCUT2D eigenvalue weighted by atomic mass is 10.3. The zero-order valence-corrected chi connectivity index (χ0v) is 12.4. The second kappa shape index (κ2) is 6.36. The average molecular weight is 273 g/mol. The maximum atomic E-state index is 2.31. The fraction of sp³-hybridized carbons (Fsp3) is 1.00. The van der Waals surface area contributed by atoms with Gasteiger partial charge in [0.25, 0.3) is 0 Å². The molecule has 0 saturated carbocycles. The van der Waals surface area contributed by atoms with E-state index in [1.54, 1.807) is 0 Å². The van der Waals surface area contributed by atoms with Gasteiger partial charge in [-0.1, -0.05) is 70.9 Å². The number of hydrogen-bond donors (Lipinski definition) is 0. The summed E-state index contributed by atoms with van der Waals surface area (Å²) in [6, 6.07) is 0. The first-order chi connectivity index (χ1) is 6.11. The third-order valence-corrected chi connectivity index (χ3v) is 12.1. The molecule has 0 amide bonds. The van der Waals surface area contributed by atoms with Gasteiger partial charge in [-0.25, -0.2) is 0 Å². The molecule has 0 aromatic carbocycles. The van der Waals surface area contributed by atoms with E-state index in [9.17, 15) is 0 Å². The molecule has 1 aliphatic rings. The molecular weight excluding hydrogens is 256 g/mol. The van der Waals surface area contributed by atoms with Crippen LogP contribution in [0.4, 0.5) is 0 Å². The normalized spacial score (nSPS) is 30.9. The van der Waals surface area contributed by atoms with Gasteiger partial charge in [0, 0.05) is 0 Å². The summed E-state index contributed by atoms with van der Waals surface area (Å²) in [6.07, 6.45) is 0. The lowest BCUT2D eigenvalue weighted by molar-refractivity contribution is 0.722. The minimum atomic E-state index is 0.756. The molecule has 1 heterocycles. The summed E-state index contributed by atoms with van der Waals surface area (Å²) >= 11 is 0. The average Bonchev–Trinajstić information content (AvgIpc) is 2.27. The number of rotatable bonds is 2. The standard InChI is InChI=1S/C8H16S5/c1-5(2)7-9-10-8(6(3)4)12-13-11-7/h5-8H,1-4H3. The van der Waals surface area contributed by atoms with Crippen LogP contribution >= 0.6 is 53.0 Å². The Hall–Kier alpha value is 1.75. The fourth-order valence-corrected chi connectivity index (χ4v) is 12.8. The van der Waals surface area contributed by atoms with E-state index in [0.717, 1.165) is 21.0 Å². The van der Waals surface area contributed by atoms with Gasteiger partial charge in [-0.15, -0.1) is 0 Å². The molecule has 1 saturated heterocycles. The number of hydrogen-bond acceptors (Lipinski definition) is 5. The van der Waals surface area contributed by atoms with Crippen molar-refractivity contribution >= 4 is 53.0 Å². The summed E-state index contributed by atoms with van der Waals surface area (Å²) in [4.78, 5) is 0. The van der Waals surface area contributed by atoms with Crippen molar-refractivity contribution in [3.8, 4) is 0 Å². The van der Waals surface area contributed by atoms with Gasteiger partial charge >= 0.3 is 0 Å². The summed E-state index contributed by atoms with van der Waals surface area (Å²) < 4.78 is 1.51. The Kier molecular flexibility index (Phi) is 6.27. The molecule has 0 spiro atoms. The molecule has 5 heteroatoms. The molecule has 0 bridgehead atoms. The first-order valence-corrected chi connectivity index (χ1v) is 10.3. The summed E-state index contributed by atoms with van der Waals surface area (Å²) in [5, 5.41) is 0. The topological polar surface area (TPSA) is 0 Å². The molecule has 0 N–H and O–H groups in total. The first kappa shape index (κ1) is 12.8. The van der Waals surface area contributed by atoms with Gasteiger partial charge in [-0.05, 0) is 21.7 Å². The Morgan fingerprint density at radius 1 is 0.692 bits per heavy atom. The van der Waals surface area contributed by atoms with Crippen molar-refractivity contribution in [2.75, 3.05) is 0 Å². The van der Waals surface area contributed by atoms with E-state index >= 15 is 0 Å². The molecule has 0 aromatic rings. The van der Waals surface area contributed by atoms with E-state index in [4.69, 9.17) is 0 Å². The Morgan fingerprint density at radius 2 is 1.08 bits per heavy atom. The molecule has 2 atom stereocenters. The van der Waals surface area contributed by atoms with E-state index < -0.39 is 0 Å². The molecule has 78 valence electrons. The zero-order chi connectivity index (χ0) is 9.84. The van der Waals surface area contributed by atoms with Crippen molar-refractivity contribution in [3.63, 3.8) is 0 Å². The van der Waals surface area contributed by atoms with Crippen LogP contribution in [0.25, 0.3) is 0 Å². The van der Waals surface area contributed by atoms with Crippen LogP contribution in [0.3, 0.4) is 0 Å². The lowest BCUT2D eigenvalue weighted by Crippen LogP contribution is -2.05. The van der Waals surface area contributed by atoms with Gasteiger partial charge in [0.05, 0.1) is 9.16 Å². The highest BCUT2D eigenvalue weighted by Gasteiger charge is 2.25. The predicted octanol–water partition coefficient (Wildman–Crippen LogP) is 5.38. The quantitative estimate of drug-likeness (QED) is 0.617. The molecule has 13 heavy (non-hydrogen) atoms. The van der Waals surface area contributed by atoms with Gasteiger partial charge in [-0.3, -0.25) is 0 Å². The second-order valence-corrected chi connectivity index (χ2v) is 11.2. The molecule has 1 aliphatic heterocycles. The van der Waals surface area contributed by atoms with Crippen LogP contribution in [0.2, 0.25) is 0 Å². The first-order valence-electron chi connectivity index (χ1n) is 4.42. The molecule has 0 aliphatic carbocycles. The molecule has 0 aromatic heterocycles. The van der Waals surface area contributed by atoms with Crippen molar-refractivity contribution in [2.45, 2.75) is 36.9 Å². The van der Waals surface area contributed by atoms with E-state index in [1.807, 2.05) is 31.4 Å². The molecule has 0 nitrogen and oxygen atoms in total. The van der Waals surface area contributed by atoms with Crippen LogP contribution in [0.5, 0.6) is 0 Å². The minimum Gasteiger partial charge on any atom is -0.0773 e. The van der Waals surface area contributed by atoms with E-state index in [-0.39, 0.29) is 0 Å². The second-order valence-electron chi connectivity index (χ2n) is 3.68. The Labute approximate surface area is 101 Å². The Bertz CT molecular complexity index is 131. The highest BCUT2D eigenvalue weighted by molar-refractivity contribution is 9.13. The van der Waals surface area contributed by atoms with Crippen molar-refractivity contribution in [3.05, 3.63) is 0 Å². The van der Waals surface area contributed by atoms with Gasteiger partial charge in [-0.2, -0.15) is 0 Å². The minimum absolute atomic E-state index is 0.756. The van der Waals surface area contributed by atoms with Crippen molar-refractivity contribution in [1.82, 2.24) is 0 Å². The molecule has 2 unspecified atom stereocenters. The molecule has 0 radical (unpaired) electrons.